The number of hydrogen-bond donors (Lipinski definition) is 0. The number of halogens is 3. The van der Waals surface area contributed by atoms with Crippen LogP contribution in [0.25, 0.3) is 0 Å². The number of ether oxygens (including phenoxy) is 4. The number of thioether (sulfide) groups is 1. The largest absolute Gasteiger partial charge is 0.463 e. The van der Waals surface area contributed by atoms with Gasteiger partial charge in [0.1, 0.15) is 30.0 Å². The molecule has 1 saturated heterocycles. The first-order valence-electron chi connectivity index (χ1n) is 8.93. The van der Waals surface area contributed by atoms with Crippen LogP contribution in [0.1, 0.15) is 20.8 Å². The van der Waals surface area contributed by atoms with Crippen LogP contribution in [0.2, 0.25) is 10.0 Å². The van der Waals surface area contributed by atoms with E-state index in [9.17, 15) is 18.8 Å². The molecule has 0 bridgehead atoms. The minimum Gasteiger partial charge on any atom is -0.463 e. The third-order valence-electron chi connectivity index (χ3n) is 4.10. The van der Waals surface area contributed by atoms with Crippen LogP contribution in [0.5, 0.6) is 0 Å². The summed E-state index contributed by atoms with van der Waals surface area (Å²) < 4.78 is 36.1. The second kappa shape index (κ2) is 11.1. The van der Waals surface area contributed by atoms with Crippen LogP contribution in [0.15, 0.2) is 22.0 Å². The molecule has 8 nitrogen and oxygen atoms in total. The van der Waals surface area contributed by atoms with E-state index in [2.05, 4.69) is 11.7 Å². The first-order valence-corrected chi connectivity index (χ1v) is 10.6. The Hall–Kier alpha value is -1.88. The number of hydrogen-bond acceptors (Lipinski definition) is 9. The van der Waals surface area contributed by atoms with E-state index in [0.29, 0.717) is 0 Å². The van der Waals surface area contributed by atoms with E-state index in [0.717, 1.165) is 17.8 Å². The van der Waals surface area contributed by atoms with Gasteiger partial charge in [-0.2, -0.15) is 0 Å². The number of rotatable bonds is 7. The minimum absolute atomic E-state index is 0.0258. The normalized spacial score (nSPS) is 25.4. The van der Waals surface area contributed by atoms with Crippen LogP contribution < -0.4 is 0 Å². The van der Waals surface area contributed by atoms with Gasteiger partial charge >= 0.3 is 17.9 Å². The Labute approximate surface area is 192 Å². The summed E-state index contributed by atoms with van der Waals surface area (Å²) >= 11 is 12.7. The van der Waals surface area contributed by atoms with Crippen molar-refractivity contribution in [3.63, 3.8) is 0 Å². The van der Waals surface area contributed by atoms with Crippen molar-refractivity contribution in [2.24, 2.45) is 4.99 Å². The summed E-state index contributed by atoms with van der Waals surface area (Å²) in [4.78, 5) is 38.7. The molecule has 0 spiro atoms. The standard InChI is InChI=1S/C19H20Cl2FNO7S/c1-8(24)27-7-14-17(28-9(2)25)16(23-4)18(29-10(3)26)19(30-14)31-15-6-12(21)11(20)5-13(15)22/h5-6,14,16-19H,4,7H2,1-3H3/t14?,16?,17-,18?,19+/m0/s1. The van der Waals surface area contributed by atoms with E-state index >= 15 is 0 Å². The zero-order chi connectivity index (χ0) is 23.3. The van der Waals surface area contributed by atoms with Crippen molar-refractivity contribution in [2.75, 3.05) is 6.61 Å². The molecule has 1 aliphatic heterocycles. The van der Waals surface area contributed by atoms with Crippen LogP contribution in [-0.2, 0) is 33.3 Å². The predicted octanol–water partition coefficient (Wildman–Crippen LogP) is 3.45. The maximum absolute atomic E-state index is 14.5. The highest BCUT2D eigenvalue weighted by Crippen LogP contribution is 2.40. The van der Waals surface area contributed by atoms with E-state index in [1.165, 1.54) is 26.8 Å². The number of carbonyl (C=O) groups is 3. The van der Waals surface area contributed by atoms with E-state index < -0.39 is 53.5 Å². The summed E-state index contributed by atoms with van der Waals surface area (Å²) in [6.45, 7) is 6.76. The predicted molar refractivity (Wildman–Crippen MR) is 112 cm³/mol. The van der Waals surface area contributed by atoms with Gasteiger partial charge in [0.25, 0.3) is 0 Å². The maximum atomic E-state index is 14.5. The fourth-order valence-electron chi connectivity index (χ4n) is 2.91. The van der Waals surface area contributed by atoms with Gasteiger partial charge in [-0.25, -0.2) is 4.39 Å². The van der Waals surface area contributed by atoms with Crippen LogP contribution >= 0.6 is 35.0 Å². The van der Waals surface area contributed by atoms with Gasteiger partial charge in [-0.15, -0.1) is 0 Å². The van der Waals surface area contributed by atoms with Crippen molar-refractivity contribution >= 4 is 59.6 Å². The number of carbonyl (C=O) groups excluding carboxylic acids is 3. The lowest BCUT2D eigenvalue weighted by Crippen LogP contribution is -2.59. The third kappa shape index (κ3) is 6.80. The van der Waals surface area contributed by atoms with Crippen molar-refractivity contribution in [2.45, 2.75) is 55.5 Å². The molecule has 1 fully saturated rings. The molecule has 0 N–H and O–H groups in total. The Morgan fingerprint density at radius 1 is 1.10 bits per heavy atom. The minimum atomic E-state index is -1.10. The van der Waals surface area contributed by atoms with Crippen LogP contribution in [0, 0.1) is 5.82 Å². The van der Waals surface area contributed by atoms with Crippen molar-refractivity contribution in [1.82, 2.24) is 0 Å². The molecule has 1 heterocycles. The van der Waals surface area contributed by atoms with Crippen molar-refractivity contribution in [3.05, 3.63) is 28.0 Å². The molecule has 1 aliphatic rings. The highest BCUT2D eigenvalue weighted by molar-refractivity contribution is 7.99. The summed E-state index contributed by atoms with van der Waals surface area (Å²) in [5.74, 6) is -2.58. The average molecular weight is 496 g/mol. The molecule has 1 aromatic carbocycles. The summed E-state index contributed by atoms with van der Waals surface area (Å²) in [7, 11) is 0. The molecule has 0 amide bonds. The van der Waals surface area contributed by atoms with Gasteiger partial charge in [0, 0.05) is 25.7 Å². The maximum Gasteiger partial charge on any atom is 0.303 e. The lowest BCUT2D eigenvalue weighted by Gasteiger charge is -2.43. The van der Waals surface area contributed by atoms with Gasteiger partial charge in [0.2, 0.25) is 0 Å². The molecule has 170 valence electrons. The summed E-state index contributed by atoms with van der Waals surface area (Å²) in [5.41, 5.74) is -1.03. The highest BCUT2D eigenvalue weighted by Gasteiger charge is 2.50. The number of esters is 3. The molecular formula is C19H20Cl2FNO7S. The van der Waals surface area contributed by atoms with Crippen molar-refractivity contribution in [3.8, 4) is 0 Å². The average Bonchev–Trinajstić information content (AvgIpc) is 2.66. The summed E-state index contributed by atoms with van der Waals surface area (Å²) in [5, 5.41) is 0.135. The lowest BCUT2D eigenvalue weighted by atomic mass is 9.97. The van der Waals surface area contributed by atoms with E-state index in [-0.39, 0.29) is 21.5 Å². The van der Waals surface area contributed by atoms with Gasteiger partial charge in [0.15, 0.2) is 12.2 Å². The smallest absolute Gasteiger partial charge is 0.303 e. The quantitative estimate of drug-likeness (QED) is 0.245. The van der Waals surface area contributed by atoms with Crippen LogP contribution in [0.3, 0.4) is 0 Å². The van der Waals surface area contributed by atoms with Crippen LogP contribution in [0.4, 0.5) is 4.39 Å². The lowest BCUT2D eigenvalue weighted by molar-refractivity contribution is -0.200. The number of nitrogens with zero attached hydrogens (tertiary/aromatic N) is 1. The SMILES string of the molecule is C=NC1C(OC(C)=O)[C@@H](Sc2cc(Cl)c(Cl)cc2F)OC(COC(C)=O)[C@@H]1OC(C)=O. The van der Waals surface area contributed by atoms with Gasteiger partial charge in [-0.05, 0) is 18.9 Å². The molecule has 2 rings (SSSR count). The van der Waals surface area contributed by atoms with Gasteiger partial charge in [-0.1, -0.05) is 35.0 Å². The molecular weight excluding hydrogens is 476 g/mol. The van der Waals surface area contributed by atoms with Gasteiger partial charge in [0.05, 0.1) is 10.0 Å². The first-order chi connectivity index (χ1) is 14.5. The van der Waals surface area contributed by atoms with Crippen molar-refractivity contribution in [1.29, 1.82) is 0 Å². The Bertz CT molecular complexity index is 872. The zero-order valence-corrected chi connectivity index (χ0v) is 19.1. The Kier molecular flexibility index (Phi) is 9.11. The number of benzene rings is 1. The molecule has 1 aromatic rings. The van der Waals surface area contributed by atoms with Gasteiger partial charge < -0.3 is 18.9 Å². The topological polar surface area (TPSA) is 100 Å². The fraction of sp³-hybridized carbons (Fsp3) is 0.474. The second-order valence-electron chi connectivity index (χ2n) is 6.48. The monoisotopic (exact) mass is 495 g/mol. The molecule has 5 atom stereocenters. The third-order valence-corrected chi connectivity index (χ3v) is 6.00. The first kappa shape index (κ1) is 25.4. The molecule has 0 radical (unpaired) electrons. The molecule has 0 aromatic heterocycles. The Morgan fingerprint density at radius 3 is 2.23 bits per heavy atom. The molecule has 31 heavy (non-hydrogen) atoms. The Morgan fingerprint density at radius 2 is 1.68 bits per heavy atom. The summed E-state index contributed by atoms with van der Waals surface area (Å²) in [6, 6.07) is 1.36. The molecule has 0 saturated carbocycles. The fourth-order valence-corrected chi connectivity index (χ4v) is 4.44. The zero-order valence-electron chi connectivity index (χ0n) is 16.8. The Balaban J connectivity index is 2.43. The molecule has 0 aliphatic carbocycles. The number of aliphatic imine (C=N–C) groups is 1. The molecule has 12 heteroatoms. The van der Waals surface area contributed by atoms with E-state index in [4.69, 9.17) is 42.1 Å². The summed E-state index contributed by atoms with van der Waals surface area (Å²) in [6.07, 6.45) is -3.17. The van der Waals surface area contributed by atoms with E-state index in [1.807, 2.05) is 0 Å². The molecule has 3 unspecified atom stereocenters. The van der Waals surface area contributed by atoms with Gasteiger partial charge in [-0.3, -0.25) is 19.4 Å². The van der Waals surface area contributed by atoms with Crippen molar-refractivity contribution < 1.29 is 37.7 Å². The highest BCUT2D eigenvalue weighted by atomic mass is 35.5. The second-order valence-corrected chi connectivity index (χ2v) is 8.44. The van der Waals surface area contributed by atoms with E-state index in [1.54, 1.807) is 0 Å². The van der Waals surface area contributed by atoms with Crippen LogP contribution in [-0.4, -0.2) is 61.0 Å².